The second kappa shape index (κ2) is 11.4. The van der Waals surface area contributed by atoms with Gasteiger partial charge in [0.15, 0.2) is 11.5 Å². The molecule has 1 aromatic rings. The Bertz CT molecular complexity index is 1080. The number of carbonyl (C=O) groups excluding carboxylic acids is 2. The van der Waals surface area contributed by atoms with Crippen LogP contribution in [0.5, 0.6) is 0 Å². The summed E-state index contributed by atoms with van der Waals surface area (Å²) in [6.07, 6.45) is 7.64. The molecular formula is C33H46O6. The summed E-state index contributed by atoms with van der Waals surface area (Å²) in [5.41, 5.74) is 2.05. The van der Waals surface area contributed by atoms with Gasteiger partial charge in [-0.1, -0.05) is 51.1 Å². The van der Waals surface area contributed by atoms with Crippen molar-refractivity contribution in [2.75, 3.05) is 13.9 Å². The van der Waals surface area contributed by atoms with Gasteiger partial charge in [0.25, 0.3) is 0 Å². The summed E-state index contributed by atoms with van der Waals surface area (Å²) >= 11 is 0. The molecule has 214 valence electrons. The Kier molecular flexibility index (Phi) is 8.26. The van der Waals surface area contributed by atoms with Gasteiger partial charge in [0.2, 0.25) is 0 Å². The maximum atomic E-state index is 12.6. The molecule has 1 N–H and O–H groups in total. The number of hydrogen-bond acceptors (Lipinski definition) is 6. The van der Waals surface area contributed by atoms with Crippen molar-refractivity contribution in [3.63, 3.8) is 0 Å². The summed E-state index contributed by atoms with van der Waals surface area (Å²) < 4.78 is 17.4. The smallest absolute Gasteiger partial charge is 0.305 e. The van der Waals surface area contributed by atoms with Gasteiger partial charge in [-0.25, -0.2) is 0 Å². The molecule has 6 heteroatoms. The van der Waals surface area contributed by atoms with E-state index in [0.29, 0.717) is 55.5 Å². The predicted octanol–water partition coefficient (Wildman–Crippen LogP) is 6.78. The van der Waals surface area contributed by atoms with Crippen molar-refractivity contribution < 1.29 is 28.9 Å². The Morgan fingerprint density at radius 1 is 1.10 bits per heavy atom. The third-order valence-electron chi connectivity index (χ3n) is 11.4. The van der Waals surface area contributed by atoms with E-state index in [1.807, 2.05) is 30.3 Å². The maximum Gasteiger partial charge on any atom is 0.305 e. The summed E-state index contributed by atoms with van der Waals surface area (Å²) in [5, 5.41) is 10.9. The third kappa shape index (κ3) is 5.19. The zero-order chi connectivity index (χ0) is 27.8. The molecule has 39 heavy (non-hydrogen) atoms. The van der Waals surface area contributed by atoms with Crippen molar-refractivity contribution in [1.82, 2.24) is 0 Å². The molecule has 0 unspecified atom stereocenters. The van der Waals surface area contributed by atoms with Gasteiger partial charge < -0.3 is 19.3 Å². The first-order valence-electron chi connectivity index (χ1n) is 14.9. The van der Waals surface area contributed by atoms with Gasteiger partial charge in [0, 0.05) is 12.8 Å². The number of aliphatic hydroxyl groups is 1. The average molecular weight is 539 g/mol. The van der Waals surface area contributed by atoms with Crippen molar-refractivity contribution in [1.29, 1.82) is 0 Å². The van der Waals surface area contributed by atoms with Gasteiger partial charge in [-0.2, -0.15) is 0 Å². The standard InChI is InChI=1S/C33H46O6/c1-21(10-13-29(35)37-4)23-11-12-24-30-25(14-16-32(23,24)2)33(3)17-15-27(34)31(36)26(33)18-28(30)39-20-38-19-22-8-6-5-7-9-22/h5-9,21,23-25,28,30,36H,10-20H2,1-4H3/t21-,23-,24+,25+,28-,30+,32-,33-/m1/s1. The van der Waals surface area contributed by atoms with Crippen LogP contribution in [0.4, 0.5) is 0 Å². The molecule has 0 heterocycles. The predicted molar refractivity (Wildman–Crippen MR) is 149 cm³/mol. The lowest BCUT2D eigenvalue weighted by Gasteiger charge is -2.60. The zero-order valence-electron chi connectivity index (χ0n) is 24.1. The van der Waals surface area contributed by atoms with Crippen LogP contribution in [0, 0.1) is 40.4 Å². The van der Waals surface area contributed by atoms with Crippen molar-refractivity contribution in [2.45, 2.75) is 91.3 Å². The summed E-state index contributed by atoms with van der Waals surface area (Å²) in [6, 6.07) is 10.1. The number of ether oxygens (including phenoxy) is 3. The van der Waals surface area contributed by atoms with E-state index in [0.717, 1.165) is 43.2 Å². The van der Waals surface area contributed by atoms with Gasteiger partial charge in [-0.15, -0.1) is 0 Å². The first kappa shape index (κ1) is 28.4. The molecule has 0 radical (unpaired) electrons. The van der Waals surface area contributed by atoms with E-state index >= 15 is 0 Å². The number of fused-ring (bicyclic) bond motifs is 5. The van der Waals surface area contributed by atoms with Gasteiger partial charge in [0.1, 0.15) is 6.79 Å². The Morgan fingerprint density at radius 3 is 2.62 bits per heavy atom. The molecule has 0 aliphatic heterocycles. The first-order chi connectivity index (χ1) is 18.7. The third-order valence-corrected chi connectivity index (χ3v) is 11.4. The van der Waals surface area contributed by atoms with Crippen LogP contribution >= 0.6 is 0 Å². The molecule has 0 spiro atoms. The van der Waals surface area contributed by atoms with Crippen LogP contribution in [-0.2, 0) is 30.4 Å². The van der Waals surface area contributed by atoms with Crippen molar-refractivity contribution in [2.24, 2.45) is 40.4 Å². The monoisotopic (exact) mass is 538 g/mol. The summed E-state index contributed by atoms with van der Waals surface area (Å²) in [4.78, 5) is 24.4. The number of esters is 1. The Balaban J connectivity index is 1.37. The molecule has 6 nitrogen and oxygen atoms in total. The van der Waals surface area contributed by atoms with Crippen molar-refractivity contribution in [3.05, 3.63) is 47.2 Å². The highest BCUT2D eigenvalue weighted by atomic mass is 16.7. The highest BCUT2D eigenvalue weighted by Crippen LogP contribution is 2.68. The molecule has 0 bridgehead atoms. The fourth-order valence-electron chi connectivity index (χ4n) is 9.28. The molecule has 8 atom stereocenters. The molecule has 4 aliphatic rings. The average Bonchev–Trinajstić information content (AvgIpc) is 3.30. The van der Waals surface area contributed by atoms with E-state index < -0.39 is 0 Å². The van der Waals surface area contributed by atoms with Crippen LogP contribution in [0.2, 0.25) is 0 Å². The molecule has 0 aromatic heterocycles. The fraction of sp³-hybridized carbons (Fsp3) is 0.697. The lowest BCUT2D eigenvalue weighted by Crippen LogP contribution is -2.56. The number of rotatable bonds is 9. The topological polar surface area (TPSA) is 82.1 Å². The molecule has 0 amide bonds. The summed E-state index contributed by atoms with van der Waals surface area (Å²) in [5.74, 6) is 2.01. The van der Waals surface area contributed by atoms with Crippen molar-refractivity contribution in [3.8, 4) is 0 Å². The number of aliphatic hydroxyl groups excluding tert-OH is 1. The Morgan fingerprint density at radius 2 is 1.87 bits per heavy atom. The number of benzene rings is 1. The Hall–Kier alpha value is -2.18. The van der Waals surface area contributed by atoms with E-state index in [1.165, 1.54) is 13.5 Å². The lowest BCUT2D eigenvalue weighted by atomic mass is 9.45. The second-order valence-corrected chi connectivity index (χ2v) is 13.1. The molecule has 4 aliphatic carbocycles. The van der Waals surface area contributed by atoms with Crippen molar-refractivity contribution >= 4 is 11.8 Å². The molecule has 0 saturated heterocycles. The highest BCUT2D eigenvalue weighted by Gasteiger charge is 2.62. The van der Waals surface area contributed by atoms with Gasteiger partial charge >= 0.3 is 5.97 Å². The van der Waals surface area contributed by atoms with E-state index in [-0.39, 0.29) is 41.2 Å². The molecule has 3 saturated carbocycles. The molecule has 1 aromatic carbocycles. The van der Waals surface area contributed by atoms with E-state index in [9.17, 15) is 14.7 Å². The lowest BCUT2D eigenvalue weighted by molar-refractivity contribution is -0.175. The van der Waals surface area contributed by atoms with Gasteiger partial charge in [0.05, 0.1) is 19.8 Å². The minimum absolute atomic E-state index is 0.00456. The summed E-state index contributed by atoms with van der Waals surface area (Å²) in [7, 11) is 1.47. The zero-order valence-corrected chi connectivity index (χ0v) is 24.1. The number of Topliss-reactive ketones (excluding diaryl/α,β-unsaturated/α-hetero) is 1. The van der Waals surface area contributed by atoms with Gasteiger partial charge in [-0.3, -0.25) is 9.59 Å². The number of ketones is 1. The first-order valence-corrected chi connectivity index (χ1v) is 14.9. The molecule has 5 rings (SSSR count). The molecule has 3 fully saturated rings. The van der Waals surface area contributed by atoms with Crippen LogP contribution in [-0.4, -0.2) is 36.9 Å². The van der Waals surface area contributed by atoms with Crippen LogP contribution in [0.3, 0.4) is 0 Å². The largest absolute Gasteiger partial charge is 0.504 e. The highest BCUT2D eigenvalue weighted by molar-refractivity contribution is 5.95. The second-order valence-electron chi connectivity index (χ2n) is 13.1. The van der Waals surface area contributed by atoms with E-state index in [4.69, 9.17) is 14.2 Å². The Labute approximate surface area is 233 Å². The van der Waals surface area contributed by atoms with E-state index in [1.54, 1.807) is 0 Å². The van der Waals surface area contributed by atoms with Crippen LogP contribution in [0.15, 0.2) is 41.7 Å². The quantitative estimate of drug-likeness (QED) is 0.212. The SMILES string of the molecule is COC(=O)CC[C@@H](C)[C@H]1CC[C@H]2[C@@H]3[C@H](OCOCc4ccccc4)CC4=C(O)C(=O)CC[C@]4(C)[C@H]3CC[C@]12C. The molecular weight excluding hydrogens is 492 g/mol. The minimum atomic E-state index is -0.163. The van der Waals surface area contributed by atoms with Crippen LogP contribution < -0.4 is 0 Å². The number of carbonyl (C=O) groups is 2. The normalized spacial score (nSPS) is 36.6. The summed E-state index contributed by atoms with van der Waals surface area (Å²) in [6.45, 7) is 7.78. The van der Waals surface area contributed by atoms with Crippen LogP contribution in [0.1, 0.15) is 84.1 Å². The number of methoxy groups -OCH3 is 1. The fourth-order valence-corrected chi connectivity index (χ4v) is 9.28. The minimum Gasteiger partial charge on any atom is -0.504 e. The van der Waals surface area contributed by atoms with E-state index in [2.05, 4.69) is 20.8 Å². The van der Waals surface area contributed by atoms with Crippen LogP contribution in [0.25, 0.3) is 0 Å². The maximum absolute atomic E-state index is 12.6. The number of hydrogen-bond donors (Lipinski definition) is 1. The van der Waals surface area contributed by atoms with Gasteiger partial charge in [-0.05, 0) is 96.5 Å².